The SMILES string of the molecule is C[P+]1(c2ccccc2)OC(C(F)(F)F)(C(F)(F)F)c2ccccc21.O=S(=O)([O-])C(F)(F)F. The lowest BCUT2D eigenvalue weighted by molar-refractivity contribution is -0.361. The lowest BCUT2D eigenvalue weighted by Crippen LogP contribution is -2.54. The maximum absolute atomic E-state index is 13.6. The van der Waals surface area contributed by atoms with Crippen molar-refractivity contribution < 1.29 is 57.0 Å². The molecule has 0 fully saturated rings. The molecule has 1 aliphatic rings. The summed E-state index contributed by atoms with van der Waals surface area (Å²) in [5, 5.41) is 0.290. The van der Waals surface area contributed by atoms with Crippen LogP contribution in [0.2, 0.25) is 0 Å². The van der Waals surface area contributed by atoms with Gasteiger partial charge in [-0.05, 0) is 18.2 Å². The first-order valence-corrected chi connectivity index (χ1v) is 11.7. The second-order valence-corrected chi connectivity index (χ2v) is 10.8. The Labute approximate surface area is 176 Å². The number of alkyl halides is 9. The smallest absolute Gasteiger partial charge is 0.485 e. The number of hydrogen-bond acceptors (Lipinski definition) is 4. The highest BCUT2D eigenvalue weighted by Gasteiger charge is 2.82. The highest BCUT2D eigenvalue weighted by atomic mass is 32.2. The van der Waals surface area contributed by atoms with Crippen molar-refractivity contribution >= 4 is 28.2 Å². The molecule has 4 nitrogen and oxygen atoms in total. The van der Waals surface area contributed by atoms with Crippen LogP contribution in [0.4, 0.5) is 39.5 Å². The largest absolute Gasteiger partial charge is 0.741 e. The Kier molecular flexibility index (Phi) is 6.72. The van der Waals surface area contributed by atoms with Crippen molar-refractivity contribution in [1.29, 1.82) is 0 Å². The number of hydrogen-bond donors (Lipinski definition) is 0. The van der Waals surface area contributed by atoms with Crippen molar-refractivity contribution in [3.8, 4) is 0 Å². The standard InChI is InChI=1S/C16H12F6OP.CHF3O3S/c1-24(11-7-3-2-4-8-11)13-10-6-5-9-12(13)14(23-24,15(17,18)19)16(20,21)22;2-1(3,4)8(5,6)7/h2-10H,1H3;(H,5,6,7)/q+1;/p-1. The summed E-state index contributed by atoms with van der Waals surface area (Å²) >= 11 is 0. The van der Waals surface area contributed by atoms with E-state index in [4.69, 9.17) is 17.5 Å². The fourth-order valence-corrected chi connectivity index (χ4v) is 6.13. The van der Waals surface area contributed by atoms with Crippen LogP contribution in [0.5, 0.6) is 0 Å². The summed E-state index contributed by atoms with van der Waals surface area (Å²) in [4.78, 5) is 0. The Hall–Kier alpha value is -1.89. The van der Waals surface area contributed by atoms with E-state index in [0.717, 1.165) is 12.1 Å². The molecule has 15 heteroatoms. The number of halogens is 9. The first-order chi connectivity index (χ1) is 14.3. The molecule has 32 heavy (non-hydrogen) atoms. The summed E-state index contributed by atoms with van der Waals surface area (Å²) in [6, 6.07) is 12.5. The van der Waals surface area contributed by atoms with Gasteiger partial charge < -0.3 is 4.55 Å². The van der Waals surface area contributed by atoms with Gasteiger partial charge in [0.05, 0.1) is 12.2 Å². The summed E-state index contributed by atoms with van der Waals surface area (Å²) in [6.45, 7) is 1.33. The van der Waals surface area contributed by atoms with E-state index in [1.54, 1.807) is 18.2 Å². The fourth-order valence-electron chi connectivity index (χ4n) is 2.99. The third-order valence-corrected chi connectivity index (χ3v) is 8.19. The van der Waals surface area contributed by atoms with Crippen LogP contribution in [0.15, 0.2) is 54.6 Å². The molecule has 1 aliphatic heterocycles. The topological polar surface area (TPSA) is 66.4 Å². The van der Waals surface area contributed by atoms with Crippen LogP contribution in [0, 0.1) is 0 Å². The van der Waals surface area contributed by atoms with E-state index in [0.29, 0.717) is 5.30 Å². The van der Waals surface area contributed by atoms with Gasteiger partial charge in [-0.3, -0.25) is 0 Å². The number of benzene rings is 2. The third kappa shape index (κ3) is 4.45. The van der Waals surface area contributed by atoms with Crippen LogP contribution in [-0.4, -0.2) is 37.5 Å². The van der Waals surface area contributed by atoms with E-state index in [-0.39, 0.29) is 5.30 Å². The van der Waals surface area contributed by atoms with Gasteiger partial charge in [0.1, 0.15) is 10.6 Å². The molecular weight excluding hydrogens is 502 g/mol. The molecule has 0 saturated heterocycles. The van der Waals surface area contributed by atoms with Crippen LogP contribution < -0.4 is 10.6 Å². The Balaban J connectivity index is 0.000000390. The lowest BCUT2D eigenvalue weighted by Gasteiger charge is -2.32. The average molecular weight is 514 g/mol. The van der Waals surface area contributed by atoms with Crippen molar-refractivity contribution in [2.24, 2.45) is 0 Å². The van der Waals surface area contributed by atoms with E-state index >= 15 is 0 Å². The van der Waals surface area contributed by atoms with Gasteiger partial charge >= 0.3 is 23.5 Å². The van der Waals surface area contributed by atoms with Gasteiger partial charge in [0.15, 0.2) is 10.1 Å². The highest BCUT2D eigenvalue weighted by molar-refractivity contribution is 7.86. The Morgan fingerprint density at radius 1 is 0.812 bits per heavy atom. The lowest BCUT2D eigenvalue weighted by atomic mass is 9.92. The fraction of sp³-hybridized carbons (Fsp3) is 0.294. The second kappa shape index (κ2) is 8.15. The van der Waals surface area contributed by atoms with Crippen LogP contribution in [0.3, 0.4) is 0 Å². The second-order valence-electron chi connectivity index (χ2n) is 6.44. The maximum atomic E-state index is 13.6. The molecule has 2 aromatic carbocycles. The van der Waals surface area contributed by atoms with Gasteiger partial charge in [0, 0.05) is 0 Å². The number of fused-ring (bicyclic) bond motifs is 1. The molecule has 0 spiro atoms. The summed E-state index contributed by atoms with van der Waals surface area (Å²) < 4.78 is 146. The molecule has 0 bridgehead atoms. The van der Waals surface area contributed by atoms with Gasteiger partial charge in [-0.25, -0.2) is 8.42 Å². The molecule has 0 radical (unpaired) electrons. The van der Waals surface area contributed by atoms with E-state index < -0.39 is 46.6 Å². The first kappa shape index (κ1) is 26.4. The monoisotopic (exact) mass is 514 g/mol. The molecule has 1 heterocycles. The van der Waals surface area contributed by atoms with Gasteiger partial charge in [0.2, 0.25) is 7.49 Å². The normalized spacial score (nSPS) is 20.8. The summed E-state index contributed by atoms with van der Waals surface area (Å²) in [5.41, 5.74) is -10.8. The van der Waals surface area contributed by atoms with Gasteiger partial charge in [0.25, 0.3) is 0 Å². The molecule has 0 saturated carbocycles. The molecule has 0 N–H and O–H groups in total. The minimum absolute atomic E-state index is 0.0362. The molecule has 0 aromatic heterocycles. The van der Waals surface area contributed by atoms with Crippen molar-refractivity contribution in [2.45, 2.75) is 23.5 Å². The average Bonchev–Trinajstić information content (AvgIpc) is 2.93. The van der Waals surface area contributed by atoms with Crippen LogP contribution in [0.25, 0.3) is 0 Å². The van der Waals surface area contributed by atoms with Crippen LogP contribution in [0.1, 0.15) is 5.56 Å². The van der Waals surface area contributed by atoms with Gasteiger partial charge in [-0.1, -0.05) is 36.4 Å². The van der Waals surface area contributed by atoms with Crippen molar-refractivity contribution in [2.75, 3.05) is 6.66 Å². The summed E-state index contributed by atoms with van der Waals surface area (Å²) in [7, 11) is -9.41. The van der Waals surface area contributed by atoms with E-state index in [9.17, 15) is 39.5 Å². The van der Waals surface area contributed by atoms with Crippen molar-refractivity contribution in [3.63, 3.8) is 0 Å². The van der Waals surface area contributed by atoms with E-state index in [1.807, 2.05) is 0 Å². The van der Waals surface area contributed by atoms with Gasteiger partial charge in [-0.15, -0.1) is 0 Å². The number of rotatable bonds is 1. The molecular formula is C17H12F9O4PS. The molecule has 3 rings (SSSR count). The van der Waals surface area contributed by atoms with Gasteiger partial charge in [-0.2, -0.15) is 44.0 Å². The van der Waals surface area contributed by atoms with E-state index in [2.05, 4.69) is 0 Å². The zero-order valence-corrected chi connectivity index (χ0v) is 17.3. The maximum Gasteiger partial charge on any atom is 0.485 e. The zero-order chi connectivity index (χ0) is 24.8. The molecule has 1 atom stereocenters. The van der Waals surface area contributed by atoms with E-state index in [1.165, 1.54) is 30.9 Å². The Morgan fingerprint density at radius 3 is 1.62 bits per heavy atom. The molecule has 1 unspecified atom stereocenters. The summed E-state index contributed by atoms with van der Waals surface area (Å²) in [6.07, 6.45) is -11.3. The van der Waals surface area contributed by atoms with Crippen LogP contribution >= 0.6 is 7.49 Å². The predicted molar refractivity (Wildman–Crippen MR) is 95.6 cm³/mol. The van der Waals surface area contributed by atoms with Crippen LogP contribution in [-0.2, 0) is 20.2 Å². The highest BCUT2D eigenvalue weighted by Crippen LogP contribution is 2.71. The first-order valence-electron chi connectivity index (χ1n) is 8.17. The predicted octanol–water partition coefficient (Wildman–Crippen LogP) is 4.60. The quantitative estimate of drug-likeness (QED) is 0.242. The molecule has 0 aliphatic carbocycles. The minimum atomic E-state index is -6.09. The summed E-state index contributed by atoms with van der Waals surface area (Å²) in [5.74, 6) is 0. The Morgan fingerprint density at radius 2 is 1.22 bits per heavy atom. The minimum Gasteiger partial charge on any atom is -0.741 e. The molecule has 2 aromatic rings. The zero-order valence-electron chi connectivity index (χ0n) is 15.6. The van der Waals surface area contributed by atoms with Crippen molar-refractivity contribution in [1.82, 2.24) is 0 Å². The third-order valence-electron chi connectivity index (χ3n) is 4.39. The van der Waals surface area contributed by atoms with Crippen molar-refractivity contribution in [3.05, 3.63) is 60.2 Å². The molecule has 178 valence electrons. The molecule has 0 amide bonds. The Bertz CT molecular complexity index is 1050.